The van der Waals surface area contributed by atoms with E-state index < -0.39 is 0 Å². The molecule has 0 aliphatic heterocycles. The molecule has 0 radical (unpaired) electrons. The first-order chi connectivity index (χ1) is 9.41. The third-order valence-electron chi connectivity index (χ3n) is 5.51. The molecule has 2 fully saturated rings. The summed E-state index contributed by atoms with van der Waals surface area (Å²) in [5, 5.41) is 3.83. The van der Waals surface area contributed by atoms with Crippen LogP contribution in [0.2, 0.25) is 0 Å². The van der Waals surface area contributed by atoms with Crippen LogP contribution in [0.3, 0.4) is 0 Å². The summed E-state index contributed by atoms with van der Waals surface area (Å²) in [6, 6.07) is 1.47. The molecule has 2 nitrogen and oxygen atoms in total. The summed E-state index contributed by atoms with van der Waals surface area (Å²) in [5.41, 5.74) is 0.467. The lowest BCUT2D eigenvalue weighted by Gasteiger charge is -2.45. The number of hydrogen-bond donors (Lipinski definition) is 1. The standard InChI is InChI=1S/C18H36N2/c1-6-11-19-16-10-9-15(18(2,3)4)12-17(16)20(5)13-14-7-8-14/h14-17,19H,6-13H2,1-5H3. The maximum absolute atomic E-state index is 3.83. The minimum absolute atomic E-state index is 0.467. The maximum Gasteiger partial charge on any atom is 0.0249 e. The Labute approximate surface area is 126 Å². The van der Waals surface area contributed by atoms with Gasteiger partial charge in [-0.05, 0) is 69.4 Å². The summed E-state index contributed by atoms with van der Waals surface area (Å²) in [6.07, 6.45) is 8.33. The van der Waals surface area contributed by atoms with E-state index in [1.54, 1.807) is 0 Å². The second-order valence-corrected chi connectivity index (χ2v) is 8.39. The van der Waals surface area contributed by atoms with Gasteiger partial charge in [0.15, 0.2) is 0 Å². The molecule has 0 spiro atoms. The van der Waals surface area contributed by atoms with E-state index in [1.165, 1.54) is 51.6 Å². The van der Waals surface area contributed by atoms with Crippen LogP contribution in [0.4, 0.5) is 0 Å². The molecule has 3 atom stereocenters. The van der Waals surface area contributed by atoms with Crippen LogP contribution in [0.5, 0.6) is 0 Å². The van der Waals surface area contributed by atoms with Crippen molar-refractivity contribution in [1.29, 1.82) is 0 Å². The first-order valence-electron chi connectivity index (χ1n) is 8.85. The smallest absolute Gasteiger partial charge is 0.0249 e. The molecule has 2 saturated carbocycles. The molecule has 0 aromatic rings. The van der Waals surface area contributed by atoms with Gasteiger partial charge >= 0.3 is 0 Å². The Morgan fingerprint density at radius 2 is 1.80 bits per heavy atom. The summed E-state index contributed by atoms with van der Waals surface area (Å²) in [6.45, 7) is 12.1. The van der Waals surface area contributed by atoms with E-state index >= 15 is 0 Å². The lowest BCUT2D eigenvalue weighted by molar-refractivity contribution is 0.0701. The van der Waals surface area contributed by atoms with Gasteiger partial charge in [0.2, 0.25) is 0 Å². The van der Waals surface area contributed by atoms with E-state index in [9.17, 15) is 0 Å². The Hall–Kier alpha value is -0.0800. The van der Waals surface area contributed by atoms with E-state index in [0.29, 0.717) is 5.41 Å². The van der Waals surface area contributed by atoms with E-state index in [1.807, 2.05) is 0 Å². The quantitative estimate of drug-likeness (QED) is 0.793. The number of hydrogen-bond acceptors (Lipinski definition) is 2. The fourth-order valence-corrected chi connectivity index (χ4v) is 3.83. The molecule has 2 rings (SSSR count). The monoisotopic (exact) mass is 280 g/mol. The Kier molecular flexibility index (Phi) is 5.53. The SMILES string of the molecule is CCCNC1CCC(C(C)(C)C)CC1N(C)CC1CC1. The van der Waals surface area contributed by atoms with Crippen LogP contribution in [0.15, 0.2) is 0 Å². The molecular weight excluding hydrogens is 244 g/mol. The average molecular weight is 281 g/mol. The third-order valence-corrected chi connectivity index (χ3v) is 5.51. The molecular formula is C18H36N2. The van der Waals surface area contributed by atoms with Gasteiger partial charge in [-0.2, -0.15) is 0 Å². The van der Waals surface area contributed by atoms with E-state index in [-0.39, 0.29) is 0 Å². The third kappa shape index (κ3) is 4.46. The highest BCUT2D eigenvalue weighted by Crippen LogP contribution is 2.40. The Bertz CT molecular complexity index is 290. The highest BCUT2D eigenvalue weighted by Gasteiger charge is 2.38. The summed E-state index contributed by atoms with van der Waals surface area (Å²) < 4.78 is 0. The minimum atomic E-state index is 0.467. The van der Waals surface area contributed by atoms with Crippen molar-refractivity contribution in [2.45, 2.75) is 78.3 Å². The predicted molar refractivity (Wildman–Crippen MR) is 88.0 cm³/mol. The summed E-state index contributed by atoms with van der Waals surface area (Å²) in [4.78, 5) is 2.68. The normalized spacial score (nSPS) is 31.8. The van der Waals surface area contributed by atoms with Crippen molar-refractivity contribution in [2.24, 2.45) is 17.3 Å². The van der Waals surface area contributed by atoms with Crippen molar-refractivity contribution in [3.8, 4) is 0 Å². The topological polar surface area (TPSA) is 15.3 Å². The van der Waals surface area contributed by atoms with Crippen molar-refractivity contribution in [1.82, 2.24) is 10.2 Å². The lowest BCUT2D eigenvalue weighted by Crippen LogP contribution is -2.53. The predicted octanol–water partition coefficient (Wildman–Crippen LogP) is 3.91. The highest BCUT2D eigenvalue weighted by atomic mass is 15.2. The van der Waals surface area contributed by atoms with Crippen molar-refractivity contribution >= 4 is 0 Å². The van der Waals surface area contributed by atoms with Gasteiger partial charge in [0.1, 0.15) is 0 Å². The van der Waals surface area contributed by atoms with E-state index in [0.717, 1.165) is 23.9 Å². The fourth-order valence-electron chi connectivity index (χ4n) is 3.83. The Morgan fingerprint density at radius 1 is 1.10 bits per heavy atom. The first kappa shape index (κ1) is 16.3. The summed E-state index contributed by atoms with van der Waals surface area (Å²) in [7, 11) is 2.37. The van der Waals surface area contributed by atoms with Crippen LogP contribution in [-0.2, 0) is 0 Å². The van der Waals surface area contributed by atoms with Crippen LogP contribution in [0, 0.1) is 17.3 Å². The van der Waals surface area contributed by atoms with Crippen LogP contribution < -0.4 is 5.32 Å². The maximum atomic E-state index is 3.83. The van der Waals surface area contributed by atoms with Gasteiger partial charge in [0.25, 0.3) is 0 Å². The zero-order chi connectivity index (χ0) is 14.8. The van der Waals surface area contributed by atoms with Crippen LogP contribution in [-0.4, -0.2) is 37.1 Å². The Balaban J connectivity index is 1.97. The number of nitrogens with zero attached hydrogens (tertiary/aromatic N) is 1. The number of rotatable bonds is 6. The lowest BCUT2D eigenvalue weighted by atomic mass is 9.69. The number of likely N-dealkylation sites (N-methyl/N-ethyl adjacent to an activating group) is 1. The van der Waals surface area contributed by atoms with Gasteiger partial charge in [-0.15, -0.1) is 0 Å². The fraction of sp³-hybridized carbons (Fsp3) is 1.00. The number of nitrogens with one attached hydrogen (secondary N) is 1. The van der Waals surface area contributed by atoms with Crippen LogP contribution in [0.25, 0.3) is 0 Å². The first-order valence-corrected chi connectivity index (χ1v) is 8.85. The van der Waals surface area contributed by atoms with Crippen molar-refractivity contribution in [3.05, 3.63) is 0 Å². The molecule has 2 aliphatic carbocycles. The average Bonchev–Trinajstić information content (AvgIpc) is 3.18. The molecule has 2 aliphatic rings. The molecule has 1 N–H and O–H groups in total. The molecule has 0 aromatic carbocycles. The molecule has 3 unspecified atom stereocenters. The van der Waals surface area contributed by atoms with Gasteiger partial charge in [-0.1, -0.05) is 27.7 Å². The Morgan fingerprint density at radius 3 is 2.35 bits per heavy atom. The van der Waals surface area contributed by atoms with E-state index in [4.69, 9.17) is 0 Å². The van der Waals surface area contributed by atoms with Gasteiger partial charge in [-0.3, -0.25) is 0 Å². The molecule has 0 bridgehead atoms. The van der Waals surface area contributed by atoms with Crippen molar-refractivity contribution in [2.75, 3.05) is 20.1 Å². The molecule has 20 heavy (non-hydrogen) atoms. The molecule has 0 aromatic heterocycles. The molecule has 0 saturated heterocycles. The van der Waals surface area contributed by atoms with Gasteiger partial charge in [0, 0.05) is 18.6 Å². The van der Waals surface area contributed by atoms with Gasteiger partial charge in [0.05, 0.1) is 0 Å². The van der Waals surface area contributed by atoms with Gasteiger partial charge < -0.3 is 10.2 Å². The molecule has 0 amide bonds. The second-order valence-electron chi connectivity index (χ2n) is 8.39. The molecule has 0 heterocycles. The van der Waals surface area contributed by atoms with E-state index in [2.05, 4.69) is 45.0 Å². The minimum Gasteiger partial charge on any atom is -0.312 e. The zero-order valence-corrected chi connectivity index (χ0v) is 14.4. The van der Waals surface area contributed by atoms with Crippen molar-refractivity contribution < 1.29 is 0 Å². The highest BCUT2D eigenvalue weighted by molar-refractivity contribution is 4.94. The zero-order valence-electron chi connectivity index (χ0n) is 14.4. The second kappa shape index (κ2) is 6.79. The van der Waals surface area contributed by atoms with Gasteiger partial charge in [-0.25, -0.2) is 0 Å². The summed E-state index contributed by atoms with van der Waals surface area (Å²) in [5.74, 6) is 1.88. The molecule has 2 heteroatoms. The van der Waals surface area contributed by atoms with Crippen LogP contribution in [0.1, 0.15) is 66.2 Å². The largest absolute Gasteiger partial charge is 0.312 e. The van der Waals surface area contributed by atoms with Crippen LogP contribution >= 0.6 is 0 Å². The molecule has 118 valence electrons. The van der Waals surface area contributed by atoms with Crippen molar-refractivity contribution in [3.63, 3.8) is 0 Å². The summed E-state index contributed by atoms with van der Waals surface area (Å²) >= 11 is 0.